The van der Waals surface area contributed by atoms with E-state index in [1.165, 1.54) is 0 Å². The standard InChI is InChI=1S/C7H10ClN3O/c8-7-10-9-5-11(7)6-2-1-3-12-4-6/h5-6H,1-4H2. The summed E-state index contributed by atoms with van der Waals surface area (Å²) in [6.45, 7) is 1.58. The van der Waals surface area contributed by atoms with E-state index < -0.39 is 0 Å². The molecule has 1 aliphatic rings. The Morgan fingerprint density at radius 2 is 2.58 bits per heavy atom. The van der Waals surface area contributed by atoms with E-state index in [-0.39, 0.29) is 0 Å². The molecule has 0 radical (unpaired) electrons. The average Bonchev–Trinajstić information content (AvgIpc) is 2.53. The maximum absolute atomic E-state index is 5.81. The molecule has 1 fully saturated rings. The summed E-state index contributed by atoms with van der Waals surface area (Å²) >= 11 is 5.81. The Labute approximate surface area is 75.5 Å². The molecule has 1 aromatic heterocycles. The van der Waals surface area contributed by atoms with Gasteiger partial charge in [0.05, 0.1) is 12.6 Å². The largest absolute Gasteiger partial charge is 0.379 e. The third-order valence-electron chi connectivity index (χ3n) is 2.06. The summed E-state index contributed by atoms with van der Waals surface area (Å²) in [6, 6.07) is 0.321. The zero-order valence-corrected chi connectivity index (χ0v) is 7.37. The van der Waals surface area contributed by atoms with Crippen molar-refractivity contribution in [1.82, 2.24) is 14.8 Å². The lowest BCUT2D eigenvalue weighted by atomic mass is 10.1. The van der Waals surface area contributed by atoms with Crippen LogP contribution >= 0.6 is 11.6 Å². The molecule has 2 rings (SSSR count). The molecule has 12 heavy (non-hydrogen) atoms. The lowest BCUT2D eigenvalue weighted by molar-refractivity contribution is 0.0591. The van der Waals surface area contributed by atoms with Crippen LogP contribution in [-0.2, 0) is 4.74 Å². The molecule has 66 valence electrons. The molecule has 1 aromatic rings. The van der Waals surface area contributed by atoms with Gasteiger partial charge < -0.3 is 4.74 Å². The first-order chi connectivity index (χ1) is 5.88. The number of nitrogens with zero attached hydrogens (tertiary/aromatic N) is 3. The van der Waals surface area contributed by atoms with Crippen molar-refractivity contribution in [2.75, 3.05) is 13.2 Å². The zero-order chi connectivity index (χ0) is 8.39. The van der Waals surface area contributed by atoms with Gasteiger partial charge in [0.2, 0.25) is 5.28 Å². The summed E-state index contributed by atoms with van der Waals surface area (Å²) in [6.07, 6.45) is 3.83. The van der Waals surface area contributed by atoms with Crippen molar-refractivity contribution in [3.63, 3.8) is 0 Å². The Morgan fingerprint density at radius 1 is 1.67 bits per heavy atom. The van der Waals surface area contributed by atoms with Crippen molar-refractivity contribution in [1.29, 1.82) is 0 Å². The Bertz CT molecular complexity index is 257. The predicted octanol–water partition coefficient (Wildman–Crippen LogP) is 1.28. The van der Waals surface area contributed by atoms with Gasteiger partial charge >= 0.3 is 0 Å². The van der Waals surface area contributed by atoms with Crippen LogP contribution in [0.4, 0.5) is 0 Å². The second-order valence-corrected chi connectivity index (χ2v) is 3.22. The number of ether oxygens (including phenoxy) is 1. The molecule has 0 N–H and O–H groups in total. The molecule has 1 unspecified atom stereocenters. The average molecular weight is 188 g/mol. The summed E-state index contributed by atoms with van der Waals surface area (Å²) in [5.74, 6) is 0. The molecule has 1 atom stereocenters. The molecule has 2 heterocycles. The maximum atomic E-state index is 5.81. The second kappa shape index (κ2) is 3.41. The lowest BCUT2D eigenvalue weighted by Gasteiger charge is -2.22. The second-order valence-electron chi connectivity index (χ2n) is 2.88. The van der Waals surface area contributed by atoms with Gasteiger partial charge in [-0.1, -0.05) is 0 Å². The fraction of sp³-hybridized carbons (Fsp3) is 0.714. The molecule has 0 amide bonds. The van der Waals surface area contributed by atoms with Crippen LogP contribution in [0.15, 0.2) is 6.33 Å². The molecule has 0 spiro atoms. The van der Waals surface area contributed by atoms with Crippen LogP contribution in [0, 0.1) is 0 Å². The minimum Gasteiger partial charge on any atom is -0.379 e. The SMILES string of the molecule is Clc1nncn1C1CCCOC1. The van der Waals surface area contributed by atoms with Gasteiger partial charge in [-0.05, 0) is 24.4 Å². The van der Waals surface area contributed by atoms with E-state index in [9.17, 15) is 0 Å². The van der Waals surface area contributed by atoms with E-state index in [0.29, 0.717) is 11.3 Å². The van der Waals surface area contributed by atoms with Crippen molar-refractivity contribution < 1.29 is 4.74 Å². The Balaban J connectivity index is 2.13. The lowest BCUT2D eigenvalue weighted by Crippen LogP contribution is -2.20. The first-order valence-electron chi connectivity index (χ1n) is 4.00. The maximum Gasteiger partial charge on any atom is 0.225 e. The van der Waals surface area contributed by atoms with Gasteiger partial charge in [-0.2, -0.15) is 0 Å². The van der Waals surface area contributed by atoms with E-state index in [0.717, 1.165) is 26.1 Å². The van der Waals surface area contributed by atoms with Gasteiger partial charge in [0.15, 0.2) is 0 Å². The molecule has 0 bridgehead atoms. The molecular weight excluding hydrogens is 178 g/mol. The molecule has 4 nitrogen and oxygen atoms in total. The van der Waals surface area contributed by atoms with Crippen LogP contribution in [0.2, 0.25) is 5.28 Å². The van der Waals surface area contributed by atoms with E-state index in [1.807, 2.05) is 4.57 Å². The quantitative estimate of drug-likeness (QED) is 0.665. The van der Waals surface area contributed by atoms with E-state index in [2.05, 4.69) is 10.2 Å². The monoisotopic (exact) mass is 187 g/mol. The number of aromatic nitrogens is 3. The Morgan fingerprint density at radius 3 is 3.17 bits per heavy atom. The molecule has 1 saturated heterocycles. The highest BCUT2D eigenvalue weighted by Crippen LogP contribution is 2.21. The minimum absolute atomic E-state index is 0.321. The zero-order valence-electron chi connectivity index (χ0n) is 6.61. The van der Waals surface area contributed by atoms with Gasteiger partial charge in [0.1, 0.15) is 6.33 Å². The van der Waals surface area contributed by atoms with Crippen LogP contribution in [0.1, 0.15) is 18.9 Å². The third kappa shape index (κ3) is 1.44. The van der Waals surface area contributed by atoms with Crippen LogP contribution in [0.3, 0.4) is 0 Å². The summed E-state index contributed by atoms with van der Waals surface area (Å²) in [5, 5.41) is 7.89. The van der Waals surface area contributed by atoms with Crippen molar-refractivity contribution in [2.24, 2.45) is 0 Å². The van der Waals surface area contributed by atoms with Crippen LogP contribution in [0.5, 0.6) is 0 Å². The molecular formula is C7H10ClN3O. The summed E-state index contributed by atoms with van der Waals surface area (Å²) in [7, 11) is 0. The van der Waals surface area contributed by atoms with Crippen molar-refractivity contribution in [3.05, 3.63) is 11.6 Å². The van der Waals surface area contributed by atoms with Crippen LogP contribution in [-0.4, -0.2) is 28.0 Å². The minimum atomic E-state index is 0.321. The molecule has 1 aliphatic heterocycles. The highest BCUT2D eigenvalue weighted by molar-refractivity contribution is 6.28. The van der Waals surface area contributed by atoms with Crippen molar-refractivity contribution in [2.45, 2.75) is 18.9 Å². The van der Waals surface area contributed by atoms with Gasteiger partial charge in [0.25, 0.3) is 0 Å². The first kappa shape index (κ1) is 8.01. The fourth-order valence-electron chi connectivity index (χ4n) is 1.42. The highest BCUT2D eigenvalue weighted by atomic mass is 35.5. The fourth-order valence-corrected chi connectivity index (χ4v) is 1.64. The topological polar surface area (TPSA) is 39.9 Å². The number of rotatable bonds is 1. The van der Waals surface area contributed by atoms with E-state index in [1.54, 1.807) is 6.33 Å². The number of halogens is 1. The summed E-state index contributed by atoms with van der Waals surface area (Å²) in [5.41, 5.74) is 0. The number of hydrogen-bond acceptors (Lipinski definition) is 3. The van der Waals surface area contributed by atoms with Gasteiger partial charge in [-0.3, -0.25) is 4.57 Å². The normalized spacial score (nSPS) is 24.2. The van der Waals surface area contributed by atoms with E-state index in [4.69, 9.17) is 16.3 Å². The molecule has 0 aromatic carbocycles. The van der Waals surface area contributed by atoms with Gasteiger partial charge in [-0.25, -0.2) is 0 Å². The molecule has 0 saturated carbocycles. The summed E-state index contributed by atoms with van der Waals surface area (Å²) < 4.78 is 7.19. The Hall–Kier alpha value is -0.610. The first-order valence-corrected chi connectivity index (χ1v) is 4.38. The van der Waals surface area contributed by atoms with Crippen LogP contribution < -0.4 is 0 Å². The summed E-state index contributed by atoms with van der Waals surface area (Å²) in [4.78, 5) is 0. The number of hydrogen-bond donors (Lipinski definition) is 0. The third-order valence-corrected chi connectivity index (χ3v) is 2.33. The van der Waals surface area contributed by atoms with Crippen molar-refractivity contribution >= 4 is 11.6 Å². The smallest absolute Gasteiger partial charge is 0.225 e. The molecule has 0 aliphatic carbocycles. The predicted molar refractivity (Wildman–Crippen MR) is 44.1 cm³/mol. The van der Waals surface area contributed by atoms with Gasteiger partial charge in [0, 0.05) is 6.61 Å². The van der Waals surface area contributed by atoms with Gasteiger partial charge in [-0.15, -0.1) is 10.2 Å². The molecule has 5 heteroatoms. The van der Waals surface area contributed by atoms with Crippen LogP contribution in [0.25, 0.3) is 0 Å². The van der Waals surface area contributed by atoms with E-state index >= 15 is 0 Å². The highest BCUT2D eigenvalue weighted by Gasteiger charge is 2.17. The van der Waals surface area contributed by atoms with Crippen molar-refractivity contribution in [3.8, 4) is 0 Å². The Kier molecular flexibility index (Phi) is 2.28.